The zero-order valence-electron chi connectivity index (χ0n) is 25.8. The molecule has 6 rings (SSSR count). The van der Waals surface area contributed by atoms with Crippen molar-refractivity contribution in [2.45, 2.75) is 39.2 Å². The number of piperidine rings is 1. The van der Waals surface area contributed by atoms with Gasteiger partial charge in [0.2, 0.25) is 0 Å². The number of pyridine rings is 1. The number of carbonyl (C=O) groups excluding carboxylic acids is 2. The van der Waals surface area contributed by atoms with Gasteiger partial charge < -0.3 is 19.4 Å². The van der Waals surface area contributed by atoms with Crippen LogP contribution in [0.5, 0.6) is 5.75 Å². The monoisotopic (exact) mass is 604 g/mol. The number of nitrogens with zero attached hydrogens (tertiary/aromatic N) is 6. The van der Waals surface area contributed by atoms with E-state index in [-0.39, 0.29) is 17.2 Å². The second-order valence-corrected chi connectivity index (χ2v) is 12.1. The largest absolute Gasteiger partial charge is 0.492 e. The van der Waals surface area contributed by atoms with Crippen LogP contribution in [0.4, 0.5) is 5.82 Å². The van der Waals surface area contributed by atoms with E-state index in [2.05, 4.69) is 19.9 Å². The average molecular weight is 605 g/mol. The minimum Gasteiger partial charge on any atom is -0.492 e. The quantitative estimate of drug-likeness (QED) is 0.307. The van der Waals surface area contributed by atoms with E-state index in [4.69, 9.17) is 4.74 Å². The topological polar surface area (TPSA) is 91.8 Å². The average Bonchev–Trinajstić information content (AvgIpc) is 3.10. The molecule has 2 aromatic carbocycles. The van der Waals surface area contributed by atoms with E-state index < -0.39 is 0 Å². The molecule has 0 unspecified atom stereocenters. The van der Waals surface area contributed by atoms with Gasteiger partial charge in [0.15, 0.2) is 0 Å². The molecule has 2 aromatic heterocycles. The highest BCUT2D eigenvalue weighted by Crippen LogP contribution is 2.38. The van der Waals surface area contributed by atoms with Crippen LogP contribution >= 0.6 is 0 Å². The van der Waals surface area contributed by atoms with Gasteiger partial charge >= 0.3 is 0 Å². The molecule has 9 nitrogen and oxygen atoms in total. The third-order valence-electron chi connectivity index (χ3n) is 9.07. The first-order valence-electron chi connectivity index (χ1n) is 15.8. The molecule has 1 fully saturated rings. The number of rotatable bonds is 4. The number of fused-ring (bicyclic) bond motifs is 1. The van der Waals surface area contributed by atoms with Crippen LogP contribution in [-0.4, -0.2) is 75.9 Å². The molecule has 4 aromatic rings. The molecule has 2 amide bonds. The summed E-state index contributed by atoms with van der Waals surface area (Å²) in [6.07, 6.45) is 10.3. The summed E-state index contributed by atoms with van der Waals surface area (Å²) in [5.41, 5.74) is 3.01. The molecule has 9 heteroatoms. The predicted molar refractivity (Wildman–Crippen MR) is 173 cm³/mol. The molecule has 4 heterocycles. The van der Waals surface area contributed by atoms with Gasteiger partial charge in [-0.15, -0.1) is 0 Å². The van der Waals surface area contributed by atoms with Crippen molar-refractivity contribution < 1.29 is 14.3 Å². The third-order valence-corrected chi connectivity index (χ3v) is 9.07. The van der Waals surface area contributed by atoms with Gasteiger partial charge in [-0.2, -0.15) is 0 Å². The minimum atomic E-state index is -0.135. The van der Waals surface area contributed by atoms with Crippen LogP contribution in [0.25, 0.3) is 0 Å². The Morgan fingerprint density at radius 3 is 2.40 bits per heavy atom. The smallest absolute Gasteiger partial charge is 0.257 e. The number of hydrogen-bond acceptors (Lipinski definition) is 7. The van der Waals surface area contributed by atoms with Crippen molar-refractivity contribution in [3.8, 4) is 5.75 Å². The Bertz CT molecular complexity index is 1570. The maximum atomic E-state index is 14.2. The Balaban J connectivity index is 1.26. The highest BCUT2D eigenvalue weighted by atomic mass is 16.5. The van der Waals surface area contributed by atoms with Gasteiger partial charge in [-0.1, -0.05) is 42.5 Å². The van der Waals surface area contributed by atoms with E-state index in [9.17, 15) is 9.59 Å². The Morgan fingerprint density at radius 1 is 0.844 bits per heavy atom. The zero-order chi connectivity index (χ0) is 31.1. The molecule has 0 N–H and O–H groups in total. The van der Waals surface area contributed by atoms with Gasteiger partial charge in [-0.25, -0.2) is 4.98 Å². The highest BCUT2D eigenvalue weighted by molar-refractivity contribution is 5.97. The molecule has 2 aliphatic heterocycles. The zero-order valence-corrected chi connectivity index (χ0v) is 25.8. The van der Waals surface area contributed by atoms with Crippen molar-refractivity contribution in [2.75, 3.05) is 44.2 Å². The van der Waals surface area contributed by atoms with Crippen LogP contribution < -0.4 is 9.64 Å². The number of benzene rings is 2. The fraction of sp³-hybridized carbons (Fsp3) is 0.361. The molecule has 1 saturated heterocycles. The highest BCUT2D eigenvalue weighted by Gasteiger charge is 2.37. The summed E-state index contributed by atoms with van der Waals surface area (Å²) in [5, 5.41) is 0. The summed E-state index contributed by atoms with van der Waals surface area (Å²) in [6.45, 7) is 6.11. The second kappa shape index (κ2) is 13.9. The van der Waals surface area contributed by atoms with E-state index in [0.29, 0.717) is 56.2 Å². The van der Waals surface area contributed by atoms with Crippen molar-refractivity contribution in [1.29, 1.82) is 0 Å². The minimum absolute atomic E-state index is 0.0196. The SMILES string of the molecule is Cc1ccc(C(=O)N2CCC3(CCCN(c4cnccn4)CCN(Cc4ccccc4)C(=O)c4ccccc4OC3)CC2)cn1. The lowest BCUT2D eigenvalue weighted by molar-refractivity contribution is 0.0363. The number of ether oxygens (including phenoxy) is 1. The normalized spacial score (nSPS) is 17.4. The molecule has 0 radical (unpaired) electrons. The first kappa shape index (κ1) is 30.2. The van der Waals surface area contributed by atoms with Gasteiger partial charge in [0.1, 0.15) is 11.6 Å². The van der Waals surface area contributed by atoms with Crippen LogP contribution in [0.15, 0.2) is 91.5 Å². The molecule has 0 bridgehead atoms. The molecule has 0 saturated carbocycles. The number of aromatic nitrogens is 3. The van der Waals surface area contributed by atoms with E-state index in [1.165, 1.54) is 0 Å². The number of amides is 2. The molecule has 2 aliphatic rings. The summed E-state index contributed by atoms with van der Waals surface area (Å²) in [7, 11) is 0. The Morgan fingerprint density at radius 2 is 1.64 bits per heavy atom. The Labute approximate surface area is 264 Å². The van der Waals surface area contributed by atoms with Gasteiger partial charge in [0, 0.05) is 69.0 Å². The lowest BCUT2D eigenvalue weighted by Crippen LogP contribution is -2.46. The van der Waals surface area contributed by atoms with Gasteiger partial charge in [-0.3, -0.25) is 19.6 Å². The number of aryl methyl sites for hydroxylation is 1. The summed E-state index contributed by atoms with van der Waals surface area (Å²) in [5.74, 6) is 1.37. The summed E-state index contributed by atoms with van der Waals surface area (Å²) in [4.78, 5) is 46.8. The number of anilines is 1. The van der Waals surface area contributed by atoms with Crippen LogP contribution in [-0.2, 0) is 6.54 Å². The van der Waals surface area contributed by atoms with Crippen LogP contribution in [0.1, 0.15) is 57.7 Å². The molecular weight excluding hydrogens is 564 g/mol. The fourth-order valence-electron chi connectivity index (χ4n) is 6.34. The fourth-order valence-corrected chi connectivity index (χ4v) is 6.34. The number of likely N-dealkylation sites (tertiary alicyclic amines) is 1. The molecule has 1 spiro atoms. The number of hydrogen-bond donors (Lipinski definition) is 0. The summed E-state index contributed by atoms with van der Waals surface area (Å²) < 4.78 is 6.57. The van der Waals surface area contributed by atoms with Crippen molar-refractivity contribution in [1.82, 2.24) is 24.8 Å². The van der Waals surface area contributed by atoms with Gasteiger partial charge in [0.05, 0.1) is 23.9 Å². The first-order chi connectivity index (χ1) is 22.0. The lowest BCUT2D eigenvalue weighted by Gasteiger charge is -2.42. The second-order valence-electron chi connectivity index (χ2n) is 12.1. The molecule has 232 valence electrons. The van der Waals surface area contributed by atoms with E-state index in [1.807, 2.05) is 83.5 Å². The van der Waals surface area contributed by atoms with E-state index in [0.717, 1.165) is 49.3 Å². The molecule has 45 heavy (non-hydrogen) atoms. The molecule has 0 atom stereocenters. The molecular formula is C36H40N6O3. The number of carbonyl (C=O) groups is 2. The van der Waals surface area contributed by atoms with E-state index in [1.54, 1.807) is 24.8 Å². The number of para-hydroxylation sites is 1. The Hall–Kier alpha value is -4.79. The van der Waals surface area contributed by atoms with Crippen molar-refractivity contribution in [3.63, 3.8) is 0 Å². The van der Waals surface area contributed by atoms with Gasteiger partial charge in [0.25, 0.3) is 11.8 Å². The van der Waals surface area contributed by atoms with Crippen molar-refractivity contribution in [3.05, 3.63) is 114 Å². The molecule has 0 aliphatic carbocycles. The standard InChI is InChI=1S/C36H40N6O3/c1-28-12-13-30(24-39-28)34(43)41-20-15-36(16-21-41)14-7-19-40(33-25-37-17-18-38-33)22-23-42(26-29-8-3-2-4-9-29)35(44)31-10-5-6-11-32(31)45-27-36/h2-6,8-13,17-18,24-25H,7,14-16,19-23,26-27H2,1H3. The maximum absolute atomic E-state index is 14.2. The van der Waals surface area contributed by atoms with E-state index >= 15 is 0 Å². The van der Waals surface area contributed by atoms with Gasteiger partial charge in [-0.05, 0) is 62.4 Å². The lowest BCUT2D eigenvalue weighted by atomic mass is 9.75. The Kier molecular flexibility index (Phi) is 9.33. The van der Waals surface area contributed by atoms with Crippen LogP contribution in [0.3, 0.4) is 0 Å². The van der Waals surface area contributed by atoms with Crippen molar-refractivity contribution in [2.24, 2.45) is 5.41 Å². The van der Waals surface area contributed by atoms with Crippen molar-refractivity contribution >= 4 is 17.6 Å². The summed E-state index contributed by atoms with van der Waals surface area (Å²) in [6, 6.07) is 21.4. The maximum Gasteiger partial charge on any atom is 0.257 e. The first-order valence-corrected chi connectivity index (χ1v) is 15.8. The third kappa shape index (κ3) is 7.30. The van der Waals surface area contributed by atoms with Crippen LogP contribution in [0, 0.1) is 12.3 Å². The van der Waals surface area contributed by atoms with Crippen LogP contribution in [0.2, 0.25) is 0 Å². The predicted octanol–water partition coefficient (Wildman–Crippen LogP) is 5.42. The summed E-state index contributed by atoms with van der Waals surface area (Å²) >= 11 is 0.